The lowest BCUT2D eigenvalue weighted by molar-refractivity contribution is -0.193. The van der Waals surface area contributed by atoms with Gasteiger partial charge in [0.2, 0.25) is 0 Å². The quantitative estimate of drug-likeness (QED) is 0.0762. The van der Waals surface area contributed by atoms with Crippen LogP contribution in [0.5, 0.6) is 5.75 Å². The van der Waals surface area contributed by atoms with E-state index in [1.165, 1.54) is 77.5 Å². The van der Waals surface area contributed by atoms with Crippen LogP contribution in [0.15, 0.2) is 97.1 Å². The maximum absolute atomic E-state index is 10.2. The number of aromatic amines is 1. The Labute approximate surface area is 675 Å². The van der Waals surface area contributed by atoms with E-state index in [9.17, 15) is 5.11 Å². The molecule has 0 saturated carbocycles. The Morgan fingerprint density at radius 1 is 0.491 bits per heavy atom. The number of aliphatic hydroxyl groups excluding tert-OH is 1. The first-order valence-electron chi connectivity index (χ1n) is 40.2. The summed E-state index contributed by atoms with van der Waals surface area (Å²) in [5, 5.41) is 62.1. The fourth-order valence-corrected chi connectivity index (χ4v) is 16.3. The molecule has 8 aromatic rings. The summed E-state index contributed by atoms with van der Waals surface area (Å²) in [4.78, 5) is 68.3. The lowest BCUT2D eigenvalue weighted by Gasteiger charge is -2.31. The molecule has 0 radical (unpaired) electrons. The number of para-hydroxylation sites is 1. The second-order valence-electron chi connectivity index (χ2n) is 35.2. The number of aromatic nitrogens is 12. The zero-order chi connectivity index (χ0) is 84.6. The summed E-state index contributed by atoms with van der Waals surface area (Å²) in [5.74, 6) is 7.47. The molecule has 24 heteroatoms. The van der Waals surface area contributed by atoms with Crippen molar-refractivity contribution in [3.8, 4) is 11.8 Å². The van der Waals surface area contributed by atoms with E-state index in [-0.39, 0.29) is 58.0 Å². The summed E-state index contributed by atoms with van der Waals surface area (Å²) in [6, 6.07) is 38.5. The number of nitriles is 1. The number of aliphatic hydroxyl groups is 1. The molecule has 4 heterocycles. The number of ether oxygens (including phenoxy) is 1. The zero-order valence-electron chi connectivity index (χ0n) is 71.0. The zero-order valence-corrected chi connectivity index (χ0v) is 71.0. The van der Waals surface area contributed by atoms with Crippen molar-refractivity contribution < 1.29 is 48.2 Å². The van der Waals surface area contributed by atoms with Gasteiger partial charge in [0, 0.05) is 44.3 Å². The third kappa shape index (κ3) is 29.2. The first kappa shape index (κ1) is 94.6. The molecule has 614 valence electrons. The Morgan fingerprint density at radius 3 is 1.19 bits per heavy atom. The van der Waals surface area contributed by atoms with Crippen molar-refractivity contribution in [2.24, 2.45) is 21.7 Å². The number of hydrogen-bond donors (Lipinski definition) is 3. The van der Waals surface area contributed by atoms with Gasteiger partial charge >= 0.3 is 24.6 Å². The highest BCUT2D eigenvalue weighted by molar-refractivity contribution is 5.44. The largest absolute Gasteiger partial charge is 0.486 e. The summed E-state index contributed by atoms with van der Waals surface area (Å²) in [6.07, 6.45) is 17.4. The van der Waals surface area contributed by atoms with E-state index in [0.29, 0.717) is 47.8 Å². The van der Waals surface area contributed by atoms with E-state index in [1.807, 2.05) is 32.0 Å². The molecule has 0 amide bonds. The van der Waals surface area contributed by atoms with Crippen LogP contribution < -0.4 is 10.1 Å². The average Bonchev–Trinajstić information content (AvgIpc) is 1.53. The normalized spacial score (nSPS) is 17.4. The van der Waals surface area contributed by atoms with Gasteiger partial charge in [-0.25, -0.2) is 0 Å². The number of tetrazole rings is 3. The molecule has 5 aliphatic rings. The molecule has 1 aliphatic heterocycles. The van der Waals surface area contributed by atoms with Gasteiger partial charge in [-0.05, 0) is 251 Å². The highest BCUT2D eigenvalue weighted by atomic mass is 16.5. The van der Waals surface area contributed by atoms with Gasteiger partial charge in [-0.15, -0.1) is 30.6 Å². The van der Waals surface area contributed by atoms with Gasteiger partial charge in [-0.2, -0.15) is 58.4 Å². The van der Waals surface area contributed by atoms with Crippen LogP contribution in [0.4, 0.5) is 0 Å². The summed E-state index contributed by atoms with van der Waals surface area (Å²) in [7, 11) is 0. The Balaban J connectivity index is 0.000000248. The number of hydrogen-bond acceptors (Lipinski definition) is 21. The molecule has 13 rings (SSSR count). The van der Waals surface area contributed by atoms with Crippen LogP contribution >= 0.6 is 0 Å². The van der Waals surface area contributed by atoms with E-state index in [2.05, 4.69) is 259 Å². The van der Waals surface area contributed by atoms with Gasteiger partial charge in [0.1, 0.15) is 11.4 Å². The monoisotopic (exact) mass is 1560 g/mol. The number of nitrogens with zero attached hydrogens (tertiary/aromatic N) is 12. The molecule has 8 atom stereocenters. The van der Waals surface area contributed by atoms with Crippen LogP contribution in [0, 0.1) is 33.0 Å². The van der Waals surface area contributed by atoms with Crippen LogP contribution in [0.25, 0.3) is 0 Å². The lowest BCUT2D eigenvalue weighted by atomic mass is 9.73. The van der Waals surface area contributed by atoms with Crippen molar-refractivity contribution in [2.75, 3.05) is 6.54 Å². The Kier molecular flexibility index (Phi) is 37.5. The summed E-state index contributed by atoms with van der Waals surface area (Å²) in [5.41, 5.74) is 19.3. The number of rotatable bonds is 17. The van der Waals surface area contributed by atoms with Gasteiger partial charge in [0.25, 0.3) is 0 Å². The third-order valence-electron chi connectivity index (χ3n) is 22.3. The van der Waals surface area contributed by atoms with Gasteiger partial charge in [0.15, 0.2) is 17.5 Å². The molecule has 4 aliphatic carbocycles. The maximum atomic E-state index is 10.2. The molecule has 0 bridgehead atoms. The molecule has 3 aromatic heterocycles. The van der Waals surface area contributed by atoms with Gasteiger partial charge in [-0.1, -0.05) is 200 Å². The molecule has 0 saturated heterocycles. The summed E-state index contributed by atoms with van der Waals surface area (Å²) < 4.78 is 5.88. The van der Waals surface area contributed by atoms with Crippen LogP contribution in [-0.2, 0) is 103 Å². The Morgan fingerprint density at radius 2 is 0.842 bits per heavy atom. The highest BCUT2D eigenvalue weighted by Gasteiger charge is 2.34. The van der Waals surface area contributed by atoms with Crippen LogP contribution in [-0.4, -0.2) is 103 Å². The predicted molar refractivity (Wildman–Crippen MR) is 432 cm³/mol. The first-order chi connectivity index (χ1) is 54.0. The summed E-state index contributed by atoms with van der Waals surface area (Å²) in [6.45, 7) is 46.3. The van der Waals surface area contributed by atoms with Gasteiger partial charge in [0.05, 0.1) is 25.3 Å². The van der Waals surface area contributed by atoms with Gasteiger partial charge < -0.3 is 15.2 Å². The van der Waals surface area contributed by atoms with Crippen LogP contribution in [0.3, 0.4) is 0 Å². The minimum Gasteiger partial charge on any atom is -0.486 e. The fraction of sp³-hybridized carbons (Fsp3) is 0.578. The molecule has 114 heavy (non-hydrogen) atoms. The molecule has 8 unspecified atom stereocenters. The van der Waals surface area contributed by atoms with Crippen molar-refractivity contribution in [3.05, 3.63) is 187 Å². The molecule has 0 spiro atoms. The van der Waals surface area contributed by atoms with Gasteiger partial charge in [-0.3, -0.25) is 0 Å². The average molecular weight is 1560 g/mol. The van der Waals surface area contributed by atoms with E-state index in [1.54, 1.807) is 37.4 Å². The number of nitrogens with one attached hydrogen (secondary N) is 2. The van der Waals surface area contributed by atoms with Crippen molar-refractivity contribution >= 4 is 24.6 Å². The van der Waals surface area contributed by atoms with E-state index < -0.39 is 0 Å². The van der Waals surface area contributed by atoms with Crippen molar-refractivity contribution in [3.63, 3.8) is 0 Å². The van der Waals surface area contributed by atoms with Crippen molar-refractivity contribution in [1.29, 1.82) is 5.26 Å². The van der Waals surface area contributed by atoms with E-state index in [0.717, 1.165) is 113 Å². The molecular weight excluding hydrogens is 1440 g/mol. The standard InChI is InChI=1S/C20H30N4.C19H28N4O.C18H26N4.C18H25N.C11H15NO.4CO2/c1-6-24-22-19(21-23-24)12-11-18(20(3,4)5)16-10-9-15-8-7-14(2)17(15)13-16;1-5-23-21-18(20-22-23)11-9-16(19(2,3)4)14-7-6-13-8-10-17(24)15(13)12-14;1-12-5-6-13-7-8-14(11-15(12)13)16(18(2,3)4)9-10-17-19-21-22-20-17;1-13-7-8-14-9-10-15(12-16(13)14)17(6-5-11-19)18(2,3)4;1-11(2)8-12-7-9-5-3-4-6-10(9)13-11;4*2-1-3/h9-10,13-14,18H,6-8,11-12H2,1-5H3;6-7,12,16-17,24H,5,8-11H2,1-4H3;7-8,11-12,16H,5-6,9-10H2,1-4H3,(H,19,20,21,22);9-10,12-13,17H,5-8H2,1-4H3;3-6,12H,7-8H2,1-2H3;;;;. The maximum Gasteiger partial charge on any atom is 0.373 e. The van der Waals surface area contributed by atoms with Crippen LogP contribution in [0.2, 0.25) is 0 Å². The molecular formula is C90H124N14O10. The molecule has 0 fully saturated rings. The first-order valence-corrected chi connectivity index (χ1v) is 40.2. The number of fused-ring (bicyclic) bond motifs is 5. The number of benzene rings is 5. The smallest absolute Gasteiger partial charge is 0.373 e. The van der Waals surface area contributed by atoms with Crippen LogP contribution in [0.1, 0.15) is 327 Å². The van der Waals surface area contributed by atoms with E-state index >= 15 is 0 Å². The second kappa shape index (κ2) is 45.2. The van der Waals surface area contributed by atoms with E-state index in [4.69, 9.17) is 48.4 Å². The molecule has 5 aromatic carbocycles. The highest BCUT2D eigenvalue weighted by Crippen LogP contribution is 2.46. The number of aryl methyl sites for hydroxylation is 9. The molecule has 24 nitrogen and oxygen atoms in total. The summed E-state index contributed by atoms with van der Waals surface area (Å²) >= 11 is 0. The predicted octanol–water partition coefficient (Wildman–Crippen LogP) is 16.7. The third-order valence-corrected chi connectivity index (χ3v) is 22.3. The Hall–Kier alpha value is -9.96. The minimum atomic E-state index is -0.299. The number of carbonyl (C=O) groups excluding carboxylic acids is 8. The second-order valence-corrected chi connectivity index (χ2v) is 35.2. The van der Waals surface area contributed by atoms with Crippen molar-refractivity contribution in [2.45, 2.75) is 307 Å². The number of H-pyrrole nitrogens is 1. The minimum absolute atomic E-state index is 0.105. The van der Waals surface area contributed by atoms with Crippen molar-refractivity contribution in [1.82, 2.24) is 66.4 Å². The Bertz CT molecular complexity index is 4280. The topological polar surface area (TPSA) is 343 Å². The lowest BCUT2D eigenvalue weighted by Crippen LogP contribution is -2.37. The fourth-order valence-electron chi connectivity index (χ4n) is 16.3. The SMILES string of the molecule is CC1(C)CNCc2ccccc2O1.CC1CCc2ccc(C(CCC#N)C(C)(C)C)cc21.CC1CCc2ccc(C(CCc3nn[nH]n3)C(C)(C)C)cc21.CCn1nnc(CCC(c2ccc3c(c2)C(C)CC3)C(C)(C)C)n1.CCn1nnc(CCC(c2ccc3c(c2)C(O)CC3)C(C)(C)C)n1.O=C=O.O=C=O.O=C=O.O=C=O. The molecule has 3 N–H and O–H groups in total.